The SMILES string of the molecule is CC(C)(C)C1OCCN1C(=S)Nc1cccc(F)c1. The summed E-state index contributed by atoms with van der Waals surface area (Å²) < 4.78 is 18.9. The first-order valence-electron chi connectivity index (χ1n) is 6.33. The molecule has 1 atom stereocenters. The first kappa shape index (κ1) is 14.2. The molecule has 0 bridgehead atoms. The van der Waals surface area contributed by atoms with Crippen LogP contribution in [0.5, 0.6) is 0 Å². The first-order valence-corrected chi connectivity index (χ1v) is 6.73. The third-order valence-electron chi connectivity index (χ3n) is 2.97. The van der Waals surface area contributed by atoms with E-state index >= 15 is 0 Å². The second-order valence-corrected chi connectivity index (χ2v) is 6.11. The van der Waals surface area contributed by atoms with Crippen molar-refractivity contribution in [1.29, 1.82) is 0 Å². The fraction of sp³-hybridized carbons (Fsp3) is 0.500. The smallest absolute Gasteiger partial charge is 0.175 e. The van der Waals surface area contributed by atoms with Crippen LogP contribution >= 0.6 is 12.2 Å². The monoisotopic (exact) mass is 282 g/mol. The van der Waals surface area contributed by atoms with Crippen molar-refractivity contribution in [3.63, 3.8) is 0 Å². The molecule has 0 saturated carbocycles. The zero-order valence-electron chi connectivity index (χ0n) is 11.4. The van der Waals surface area contributed by atoms with Crippen molar-refractivity contribution in [3.05, 3.63) is 30.1 Å². The molecule has 0 aliphatic carbocycles. The molecule has 1 N–H and O–H groups in total. The fourth-order valence-corrected chi connectivity index (χ4v) is 2.46. The minimum Gasteiger partial charge on any atom is -0.356 e. The van der Waals surface area contributed by atoms with E-state index in [1.165, 1.54) is 12.1 Å². The van der Waals surface area contributed by atoms with Crippen LogP contribution < -0.4 is 5.32 Å². The average molecular weight is 282 g/mol. The Bertz CT molecular complexity index is 473. The lowest BCUT2D eigenvalue weighted by atomic mass is 9.94. The number of ether oxygens (including phenoxy) is 1. The summed E-state index contributed by atoms with van der Waals surface area (Å²) >= 11 is 5.40. The second kappa shape index (κ2) is 5.43. The molecule has 2 rings (SSSR count). The molecule has 1 aliphatic heterocycles. The van der Waals surface area contributed by atoms with Gasteiger partial charge in [-0.2, -0.15) is 0 Å². The van der Waals surface area contributed by atoms with E-state index in [2.05, 4.69) is 26.1 Å². The van der Waals surface area contributed by atoms with Crippen LogP contribution in [0.1, 0.15) is 20.8 Å². The van der Waals surface area contributed by atoms with Gasteiger partial charge in [0.15, 0.2) is 5.11 Å². The highest BCUT2D eigenvalue weighted by atomic mass is 32.1. The third kappa shape index (κ3) is 3.42. The van der Waals surface area contributed by atoms with Gasteiger partial charge >= 0.3 is 0 Å². The highest BCUT2D eigenvalue weighted by Crippen LogP contribution is 2.29. The van der Waals surface area contributed by atoms with E-state index in [0.29, 0.717) is 17.4 Å². The minimum absolute atomic E-state index is 0.0236. The number of anilines is 1. The van der Waals surface area contributed by atoms with Crippen LogP contribution in [0.4, 0.5) is 10.1 Å². The van der Waals surface area contributed by atoms with Gasteiger partial charge in [0.25, 0.3) is 0 Å². The molecule has 1 fully saturated rings. The molecule has 0 aromatic heterocycles. The van der Waals surface area contributed by atoms with Crippen LogP contribution in [0.3, 0.4) is 0 Å². The van der Waals surface area contributed by atoms with Crippen LogP contribution in [-0.4, -0.2) is 29.4 Å². The maximum atomic E-state index is 13.1. The Morgan fingerprint density at radius 2 is 2.21 bits per heavy atom. The molecule has 0 radical (unpaired) electrons. The predicted octanol–water partition coefficient (Wildman–Crippen LogP) is 3.23. The average Bonchev–Trinajstić information content (AvgIpc) is 2.77. The van der Waals surface area contributed by atoms with Gasteiger partial charge in [0.1, 0.15) is 12.0 Å². The van der Waals surface area contributed by atoms with Crippen LogP contribution in [0.15, 0.2) is 24.3 Å². The molecule has 1 aliphatic rings. The van der Waals surface area contributed by atoms with Crippen molar-refractivity contribution in [3.8, 4) is 0 Å². The van der Waals surface area contributed by atoms with Crippen molar-refractivity contribution in [2.45, 2.75) is 27.0 Å². The van der Waals surface area contributed by atoms with E-state index in [1.54, 1.807) is 12.1 Å². The summed E-state index contributed by atoms with van der Waals surface area (Å²) in [5.41, 5.74) is 0.633. The van der Waals surface area contributed by atoms with Crippen molar-refractivity contribution in [1.82, 2.24) is 4.90 Å². The lowest BCUT2D eigenvalue weighted by molar-refractivity contribution is -0.0196. The Labute approximate surface area is 118 Å². The van der Waals surface area contributed by atoms with Crippen LogP contribution in [0.2, 0.25) is 0 Å². The second-order valence-electron chi connectivity index (χ2n) is 5.72. The standard InChI is InChI=1S/C14H19FN2OS/c1-14(2,3)12-17(7-8-18-12)13(19)16-11-6-4-5-10(15)9-11/h4-6,9,12H,7-8H2,1-3H3,(H,16,19). The van der Waals surface area contributed by atoms with Gasteiger partial charge in [-0.25, -0.2) is 4.39 Å². The van der Waals surface area contributed by atoms with Crippen LogP contribution in [-0.2, 0) is 4.74 Å². The van der Waals surface area contributed by atoms with Gasteiger partial charge in [0, 0.05) is 17.6 Å². The summed E-state index contributed by atoms with van der Waals surface area (Å²) in [7, 11) is 0. The van der Waals surface area contributed by atoms with E-state index in [0.717, 1.165) is 6.54 Å². The number of rotatable bonds is 1. The molecule has 1 aromatic carbocycles. The Kier molecular flexibility index (Phi) is 4.06. The fourth-order valence-electron chi connectivity index (χ4n) is 2.16. The molecule has 104 valence electrons. The number of hydrogen-bond donors (Lipinski definition) is 1. The minimum atomic E-state index is -0.280. The van der Waals surface area contributed by atoms with Crippen molar-refractivity contribution in [2.75, 3.05) is 18.5 Å². The molecule has 19 heavy (non-hydrogen) atoms. The van der Waals surface area contributed by atoms with Crippen LogP contribution in [0.25, 0.3) is 0 Å². The number of benzene rings is 1. The summed E-state index contributed by atoms with van der Waals surface area (Å²) in [5.74, 6) is -0.280. The summed E-state index contributed by atoms with van der Waals surface area (Å²) in [6.45, 7) is 7.75. The summed E-state index contributed by atoms with van der Waals surface area (Å²) in [6.07, 6.45) is -0.0546. The molecular formula is C14H19FN2OS. The molecule has 0 spiro atoms. The summed E-state index contributed by atoms with van der Waals surface area (Å²) in [5, 5.41) is 3.64. The first-order chi connectivity index (χ1) is 8.88. The zero-order chi connectivity index (χ0) is 14.0. The Morgan fingerprint density at radius 1 is 1.47 bits per heavy atom. The Hall–Kier alpha value is -1.20. The van der Waals surface area contributed by atoms with Crippen molar-refractivity contribution >= 4 is 23.0 Å². The lowest BCUT2D eigenvalue weighted by Gasteiger charge is -2.34. The number of hydrogen-bond acceptors (Lipinski definition) is 2. The number of thiocarbonyl (C=S) groups is 1. The molecular weight excluding hydrogens is 263 g/mol. The topological polar surface area (TPSA) is 24.5 Å². The summed E-state index contributed by atoms with van der Waals surface area (Å²) in [4.78, 5) is 2.01. The van der Waals surface area contributed by atoms with E-state index < -0.39 is 0 Å². The molecule has 5 heteroatoms. The molecule has 1 aromatic rings. The third-order valence-corrected chi connectivity index (χ3v) is 3.31. The largest absolute Gasteiger partial charge is 0.356 e. The highest BCUT2D eigenvalue weighted by Gasteiger charge is 2.36. The van der Waals surface area contributed by atoms with Gasteiger partial charge in [0.05, 0.1) is 6.61 Å². The zero-order valence-corrected chi connectivity index (χ0v) is 12.3. The van der Waals surface area contributed by atoms with E-state index in [9.17, 15) is 4.39 Å². The van der Waals surface area contributed by atoms with E-state index in [4.69, 9.17) is 17.0 Å². The van der Waals surface area contributed by atoms with Gasteiger partial charge in [-0.15, -0.1) is 0 Å². The predicted molar refractivity (Wildman–Crippen MR) is 78.5 cm³/mol. The maximum Gasteiger partial charge on any atom is 0.175 e. The van der Waals surface area contributed by atoms with Crippen molar-refractivity contribution in [2.24, 2.45) is 5.41 Å². The highest BCUT2D eigenvalue weighted by molar-refractivity contribution is 7.80. The van der Waals surface area contributed by atoms with Gasteiger partial charge < -0.3 is 15.0 Å². The quantitative estimate of drug-likeness (QED) is 0.799. The molecule has 3 nitrogen and oxygen atoms in total. The molecule has 1 heterocycles. The Morgan fingerprint density at radius 3 is 2.84 bits per heavy atom. The van der Waals surface area contributed by atoms with Crippen molar-refractivity contribution < 1.29 is 9.13 Å². The van der Waals surface area contributed by atoms with Gasteiger partial charge in [-0.3, -0.25) is 0 Å². The van der Waals surface area contributed by atoms with Gasteiger partial charge in [-0.05, 0) is 30.4 Å². The molecule has 1 saturated heterocycles. The lowest BCUT2D eigenvalue weighted by Crippen LogP contribution is -2.45. The number of halogens is 1. The van der Waals surface area contributed by atoms with Crippen LogP contribution in [0, 0.1) is 11.2 Å². The van der Waals surface area contributed by atoms with E-state index in [1.807, 2.05) is 4.90 Å². The number of nitrogens with one attached hydrogen (secondary N) is 1. The van der Waals surface area contributed by atoms with Gasteiger partial charge in [-0.1, -0.05) is 26.8 Å². The summed E-state index contributed by atoms with van der Waals surface area (Å²) in [6, 6.07) is 6.28. The maximum absolute atomic E-state index is 13.1. The normalized spacial score (nSPS) is 19.6. The Balaban J connectivity index is 2.07. The van der Waals surface area contributed by atoms with Gasteiger partial charge in [0.2, 0.25) is 0 Å². The molecule has 0 amide bonds. The number of nitrogens with zero attached hydrogens (tertiary/aromatic N) is 1. The molecule has 1 unspecified atom stereocenters. The van der Waals surface area contributed by atoms with E-state index in [-0.39, 0.29) is 17.5 Å².